The van der Waals surface area contributed by atoms with E-state index in [1.54, 1.807) is 6.20 Å². The van der Waals surface area contributed by atoms with Crippen molar-refractivity contribution < 1.29 is 0 Å². The Hall–Kier alpha value is -2.37. The normalized spacial score (nSPS) is 10.5. The molecule has 4 rings (SSSR count). The highest BCUT2D eigenvalue weighted by atomic mass is 79.9. The van der Waals surface area contributed by atoms with Gasteiger partial charge in [-0.05, 0) is 36.6 Å². The third kappa shape index (κ3) is 3.83. The first kappa shape index (κ1) is 17.5. The maximum atomic E-state index is 11.4. The fourth-order valence-corrected chi connectivity index (χ4v) is 3.07. The van der Waals surface area contributed by atoms with Gasteiger partial charge < -0.3 is 9.97 Å². The van der Waals surface area contributed by atoms with E-state index < -0.39 is 0 Å². The summed E-state index contributed by atoms with van der Waals surface area (Å²) in [7, 11) is 0. The number of fused-ring (bicyclic) bond motifs is 2. The molecule has 2 aromatic heterocycles. The first-order valence-corrected chi connectivity index (χ1v) is 8.67. The van der Waals surface area contributed by atoms with Gasteiger partial charge in [0.15, 0.2) is 0 Å². The minimum Gasteiger partial charge on any atom is -0.329 e. The van der Waals surface area contributed by atoms with Gasteiger partial charge in [-0.15, -0.1) is 0 Å². The molecule has 0 aliphatic rings. The third-order valence-electron chi connectivity index (χ3n) is 3.74. The molecule has 126 valence electrons. The van der Waals surface area contributed by atoms with Crippen LogP contribution in [0.25, 0.3) is 21.5 Å². The van der Waals surface area contributed by atoms with Gasteiger partial charge in [0, 0.05) is 33.0 Å². The SMILES string of the molecule is Cc1ccc2c(Cl)c[nH]c(=O)c2c1.O=c1[nH]ccc2ccc(Br)cc12. The standard InChI is InChI=1S/C10H8ClNO.C9H6BrNO/c1-6-2-3-7-8(4-6)10(13)12-5-9(7)11;10-7-2-1-6-3-4-11-9(12)8(6)5-7/h2-5H,1H3,(H,12,13);1-5H,(H,11,12). The lowest BCUT2D eigenvalue weighted by atomic mass is 10.1. The lowest BCUT2D eigenvalue weighted by Gasteiger charge is -1.99. The van der Waals surface area contributed by atoms with Crippen LogP contribution in [0.4, 0.5) is 0 Å². The Morgan fingerprint density at radius 3 is 2.44 bits per heavy atom. The van der Waals surface area contributed by atoms with Gasteiger partial charge in [-0.3, -0.25) is 9.59 Å². The number of rotatable bonds is 0. The second-order valence-corrected chi connectivity index (χ2v) is 6.88. The van der Waals surface area contributed by atoms with Crippen LogP contribution < -0.4 is 11.1 Å². The highest BCUT2D eigenvalue weighted by Gasteiger charge is 2.01. The summed E-state index contributed by atoms with van der Waals surface area (Å²) >= 11 is 9.22. The van der Waals surface area contributed by atoms with Crippen molar-refractivity contribution in [3.05, 3.63) is 90.6 Å². The highest BCUT2D eigenvalue weighted by molar-refractivity contribution is 9.10. The van der Waals surface area contributed by atoms with E-state index in [9.17, 15) is 9.59 Å². The zero-order valence-electron chi connectivity index (χ0n) is 13.3. The summed E-state index contributed by atoms with van der Waals surface area (Å²) in [5.41, 5.74) is 0.914. The maximum Gasteiger partial charge on any atom is 0.255 e. The van der Waals surface area contributed by atoms with Crippen molar-refractivity contribution in [1.29, 1.82) is 0 Å². The van der Waals surface area contributed by atoms with E-state index in [-0.39, 0.29) is 11.1 Å². The molecule has 4 aromatic rings. The topological polar surface area (TPSA) is 65.7 Å². The van der Waals surface area contributed by atoms with Crippen molar-refractivity contribution in [2.24, 2.45) is 0 Å². The maximum absolute atomic E-state index is 11.4. The molecular formula is C19H14BrClN2O2. The molecule has 0 aliphatic carbocycles. The Morgan fingerprint density at radius 1 is 0.880 bits per heavy atom. The van der Waals surface area contributed by atoms with Crippen LogP contribution in [0.15, 0.2) is 68.9 Å². The van der Waals surface area contributed by atoms with Crippen LogP contribution in [0.5, 0.6) is 0 Å². The second-order valence-electron chi connectivity index (χ2n) is 5.55. The molecule has 4 nitrogen and oxygen atoms in total. The van der Waals surface area contributed by atoms with E-state index >= 15 is 0 Å². The van der Waals surface area contributed by atoms with Crippen LogP contribution >= 0.6 is 27.5 Å². The third-order valence-corrected chi connectivity index (χ3v) is 4.55. The number of aromatic amines is 2. The summed E-state index contributed by atoms with van der Waals surface area (Å²) in [6, 6.07) is 13.2. The molecular weight excluding hydrogens is 404 g/mol. The first-order chi connectivity index (χ1) is 12.0. The molecule has 2 aromatic carbocycles. The number of benzene rings is 2. The Kier molecular flexibility index (Phi) is 5.06. The first-order valence-electron chi connectivity index (χ1n) is 7.50. The van der Waals surface area contributed by atoms with Crippen LogP contribution in [-0.2, 0) is 0 Å². The largest absolute Gasteiger partial charge is 0.329 e. The average molecular weight is 418 g/mol. The number of halogens is 2. The van der Waals surface area contributed by atoms with Gasteiger partial charge in [0.1, 0.15) is 0 Å². The minimum atomic E-state index is -0.0944. The quantitative estimate of drug-likeness (QED) is 0.432. The molecule has 2 heterocycles. The van der Waals surface area contributed by atoms with E-state index in [0.717, 1.165) is 20.8 Å². The van der Waals surface area contributed by atoms with Crippen molar-refractivity contribution in [1.82, 2.24) is 9.97 Å². The lowest BCUT2D eigenvalue weighted by molar-refractivity contribution is 1.27. The molecule has 0 fully saturated rings. The monoisotopic (exact) mass is 416 g/mol. The van der Waals surface area contributed by atoms with Crippen molar-refractivity contribution in [3.8, 4) is 0 Å². The summed E-state index contributed by atoms with van der Waals surface area (Å²) < 4.78 is 0.923. The van der Waals surface area contributed by atoms with Crippen LogP contribution in [0.3, 0.4) is 0 Å². The average Bonchev–Trinajstić information content (AvgIpc) is 2.60. The van der Waals surface area contributed by atoms with Crippen LogP contribution in [0, 0.1) is 6.92 Å². The van der Waals surface area contributed by atoms with Crippen LogP contribution in [-0.4, -0.2) is 9.97 Å². The molecule has 0 saturated heterocycles. The summed E-state index contributed by atoms with van der Waals surface area (Å²) in [5, 5.41) is 3.70. The molecule has 0 bridgehead atoms. The lowest BCUT2D eigenvalue weighted by Crippen LogP contribution is -2.04. The number of H-pyrrole nitrogens is 2. The molecule has 2 N–H and O–H groups in total. The number of hydrogen-bond donors (Lipinski definition) is 2. The predicted molar refractivity (Wildman–Crippen MR) is 107 cm³/mol. The molecule has 0 aliphatic heterocycles. The van der Waals surface area contributed by atoms with Crippen LogP contribution in [0.1, 0.15) is 5.56 Å². The van der Waals surface area contributed by atoms with Gasteiger partial charge in [-0.1, -0.05) is 51.3 Å². The molecule has 0 radical (unpaired) electrons. The zero-order chi connectivity index (χ0) is 18.0. The molecule has 0 amide bonds. The van der Waals surface area contributed by atoms with Gasteiger partial charge in [0.05, 0.1) is 5.02 Å². The number of hydrogen-bond acceptors (Lipinski definition) is 2. The molecule has 0 saturated carbocycles. The number of pyridine rings is 2. The fraction of sp³-hybridized carbons (Fsp3) is 0.0526. The highest BCUT2D eigenvalue weighted by Crippen LogP contribution is 2.20. The van der Waals surface area contributed by atoms with E-state index in [0.29, 0.717) is 15.8 Å². The second kappa shape index (κ2) is 7.25. The Morgan fingerprint density at radius 2 is 1.64 bits per heavy atom. The molecule has 0 atom stereocenters. The van der Waals surface area contributed by atoms with Gasteiger partial charge in [0.25, 0.3) is 11.1 Å². The van der Waals surface area contributed by atoms with Gasteiger partial charge in [-0.2, -0.15) is 0 Å². The van der Waals surface area contributed by atoms with Gasteiger partial charge in [0.2, 0.25) is 0 Å². The number of aryl methyl sites for hydroxylation is 1. The minimum absolute atomic E-state index is 0.0474. The van der Waals surface area contributed by atoms with Crippen molar-refractivity contribution in [3.63, 3.8) is 0 Å². The van der Waals surface area contributed by atoms with E-state index in [1.165, 1.54) is 6.20 Å². The molecule has 0 spiro atoms. The molecule has 25 heavy (non-hydrogen) atoms. The van der Waals surface area contributed by atoms with E-state index in [1.807, 2.05) is 49.4 Å². The summed E-state index contributed by atoms with van der Waals surface area (Å²) in [6.07, 6.45) is 3.17. The fourth-order valence-electron chi connectivity index (χ4n) is 2.49. The van der Waals surface area contributed by atoms with E-state index in [2.05, 4.69) is 25.9 Å². The van der Waals surface area contributed by atoms with Crippen molar-refractivity contribution in [2.45, 2.75) is 6.92 Å². The predicted octanol–water partition coefficient (Wildman–Crippen LogP) is 4.78. The summed E-state index contributed by atoms with van der Waals surface area (Å²) in [5.74, 6) is 0. The summed E-state index contributed by atoms with van der Waals surface area (Å²) in [4.78, 5) is 27.8. The van der Waals surface area contributed by atoms with Crippen molar-refractivity contribution in [2.75, 3.05) is 0 Å². The summed E-state index contributed by atoms with van der Waals surface area (Å²) in [6.45, 7) is 1.94. The van der Waals surface area contributed by atoms with Crippen LogP contribution in [0.2, 0.25) is 5.02 Å². The van der Waals surface area contributed by atoms with E-state index in [4.69, 9.17) is 11.6 Å². The molecule has 6 heteroatoms. The smallest absolute Gasteiger partial charge is 0.255 e. The Labute approximate surface area is 156 Å². The number of nitrogens with one attached hydrogen (secondary N) is 2. The Balaban J connectivity index is 0.000000146. The van der Waals surface area contributed by atoms with Crippen molar-refractivity contribution >= 4 is 49.1 Å². The number of aromatic nitrogens is 2. The van der Waals surface area contributed by atoms with Gasteiger partial charge >= 0.3 is 0 Å². The molecule has 0 unspecified atom stereocenters. The van der Waals surface area contributed by atoms with Gasteiger partial charge in [-0.25, -0.2) is 0 Å². The zero-order valence-corrected chi connectivity index (χ0v) is 15.6. The Bertz CT molecular complexity index is 1180.